The smallest absolute Gasteiger partial charge is 1.00 e. The number of carbonyl (C=O) groups is 6. The Balaban J connectivity index is 0.000000469. The third-order valence-electron chi connectivity index (χ3n) is 18.2. The number of likely N-dealkylation sites (tertiary alicyclic amines) is 1. The molecule has 5 aliphatic rings. The molecular weight excluding hydrogens is 1520 g/mol. The topological polar surface area (TPSA) is 179 Å². The Morgan fingerprint density at radius 3 is 1.02 bits per heavy atom. The second-order valence-corrected chi connectivity index (χ2v) is 28.4. The fraction of sp³-hybridized carbons (Fsp3) is 0.468. The number of para-hydroxylation sites is 3. The molecule has 542 valence electrons. The Morgan fingerprint density at radius 2 is 0.730 bits per heavy atom. The molecule has 0 bridgehead atoms. The van der Waals surface area contributed by atoms with Gasteiger partial charge in [-0.3, -0.25) is 54.6 Å². The Kier molecular flexibility index (Phi) is 36.9. The second kappa shape index (κ2) is 40.9. The van der Waals surface area contributed by atoms with E-state index in [1.54, 1.807) is 36.6 Å². The molecule has 4 heterocycles. The van der Waals surface area contributed by atoms with Crippen LogP contribution >= 0.6 is 34.2 Å². The van der Waals surface area contributed by atoms with Gasteiger partial charge in [-0.1, -0.05) is 152 Å². The molecule has 3 N–H and O–H groups in total. The number of fused-ring (bicyclic) bond motifs is 6. The van der Waals surface area contributed by atoms with E-state index in [1.807, 2.05) is 114 Å². The maximum absolute atomic E-state index is 14.1. The zero-order chi connectivity index (χ0) is 68.0. The number of hydrogen-bond acceptors (Lipinski definition) is 10. The van der Waals surface area contributed by atoms with Gasteiger partial charge in [-0.25, -0.2) is 14.4 Å². The first-order chi connectivity index (χ1) is 44.8. The van der Waals surface area contributed by atoms with Crippen LogP contribution < -0.4 is 84.2 Å². The van der Waals surface area contributed by atoms with E-state index in [9.17, 15) is 28.8 Å². The number of rotatable bonds is 10. The van der Waals surface area contributed by atoms with Gasteiger partial charge in [0.1, 0.15) is 5.88 Å². The van der Waals surface area contributed by atoms with Crippen LogP contribution in [-0.4, -0.2) is 88.7 Å². The number of anilines is 9. The van der Waals surface area contributed by atoms with Gasteiger partial charge in [-0.15, -0.1) is 11.6 Å². The molecule has 0 spiro atoms. The van der Waals surface area contributed by atoms with Gasteiger partial charge in [0, 0.05) is 28.1 Å². The van der Waals surface area contributed by atoms with Crippen molar-refractivity contribution in [2.45, 2.75) is 193 Å². The van der Waals surface area contributed by atoms with Crippen molar-refractivity contribution in [2.75, 3.05) is 67.3 Å². The fourth-order valence-electron chi connectivity index (χ4n) is 14.2. The summed E-state index contributed by atoms with van der Waals surface area (Å²) in [4.78, 5) is 82.5. The van der Waals surface area contributed by atoms with Crippen molar-refractivity contribution in [3.63, 3.8) is 0 Å². The van der Waals surface area contributed by atoms with E-state index in [-0.39, 0.29) is 115 Å². The number of ether oxygens (including phenoxy) is 3. The molecule has 4 aliphatic heterocycles. The standard InChI is InChI=1S/C28H37N3O3.C19H19ClN2O3.C19H19IN2O3.C10H20.3CH4.FH.HI.Na/c1-6-34-26(33)29-22-15-14-21-13-12-20-10-7-8-11-23(20)31(24(21)18-22)25(32)19-30-27(2,3)16-9-17-28(30,4)5;2*1-2-25-19(24)21-15-10-9-14-8-7-13-5-3-4-6-16(13)22(17(14)11-15)18(23)12-20;1-9(2)6-5-7-10(3,4)8-9;;;;;;/h7-8,10-11,14-15,18H,6,9,12-13,16-17,19H2,1-5H3,(H,29,33);2*3-6,9-11H,2,7-8,12H2,1H3,(H,21,24);5-8H2,1-4H3;3*1H4;2*1H;/q;;;;;;;;;+1/p-1. The Morgan fingerprint density at radius 1 is 0.440 bits per heavy atom. The third-order valence-corrected chi connectivity index (χ3v) is 19.1. The normalized spacial score (nSPS) is 15.8. The molecule has 6 aromatic rings. The quantitative estimate of drug-likeness (QED) is 0.0517. The summed E-state index contributed by atoms with van der Waals surface area (Å²) in [7, 11) is 0. The molecular formula is C79H108ClFI2N7NaO9. The van der Waals surface area contributed by atoms with Crippen LogP contribution in [0.5, 0.6) is 0 Å². The summed E-state index contributed by atoms with van der Waals surface area (Å²) in [5, 5.41) is 8.19. The van der Waals surface area contributed by atoms with Gasteiger partial charge >= 0.3 is 47.8 Å². The zero-order valence-electron chi connectivity index (χ0n) is 58.6. The number of nitrogens with one attached hydrogen (secondary N) is 3. The molecule has 11 rings (SSSR count). The van der Waals surface area contributed by atoms with Crippen LogP contribution in [0.4, 0.5) is 70.3 Å². The van der Waals surface area contributed by atoms with Gasteiger partial charge in [0.25, 0.3) is 0 Å². The first kappa shape index (κ1) is 90.3. The molecule has 100 heavy (non-hydrogen) atoms. The van der Waals surface area contributed by atoms with E-state index in [1.165, 1.54) is 32.1 Å². The minimum absolute atomic E-state index is 0. The molecule has 0 atom stereocenters. The van der Waals surface area contributed by atoms with Gasteiger partial charge in [0.05, 0.1) is 64.9 Å². The van der Waals surface area contributed by atoms with E-state index in [2.05, 4.69) is 111 Å². The van der Waals surface area contributed by atoms with Crippen LogP contribution in [-0.2, 0) is 67.1 Å². The van der Waals surface area contributed by atoms with Crippen molar-refractivity contribution in [3.8, 4) is 0 Å². The number of nitrogens with zero attached hydrogens (tertiary/aromatic N) is 4. The molecule has 0 unspecified atom stereocenters. The van der Waals surface area contributed by atoms with Crippen molar-refractivity contribution in [3.05, 3.63) is 161 Å². The number of benzene rings is 6. The number of piperidine rings is 1. The molecule has 6 aromatic carbocycles. The Labute approximate surface area is 653 Å². The number of alkyl halides is 2. The third kappa shape index (κ3) is 23.6. The van der Waals surface area contributed by atoms with Crippen LogP contribution in [0, 0.1) is 10.8 Å². The summed E-state index contributed by atoms with van der Waals surface area (Å²) in [6, 6.07) is 40.9. The first-order valence-electron chi connectivity index (χ1n) is 33.1. The fourth-order valence-corrected chi connectivity index (χ4v) is 14.6. The van der Waals surface area contributed by atoms with Gasteiger partial charge in [0.2, 0.25) is 17.7 Å². The van der Waals surface area contributed by atoms with Gasteiger partial charge < -0.3 is 38.2 Å². The van der Waals surface area contributed by atoms with Crippen LogP contribution in [0.3, 0.4) is 0 Å². The predicted molar refractivity (Wildman–Crippen MR) is 411 cm³/mol. The van der Waals surface area contributed by atoms with Gasteiger partial charge in [-0.2, -0.15) is 0 Å². The number of aryl methyl sites for hydroxylation is 6. The van der Waals surface area contributed by atoms with E-state index >= 15 is 0 Å². The summed E-state index contributed by atoms with van der Waals surface area (Å²) < 4.78 is 15.3. The number of halogens is 4. The summed E-state index contributed by atoms with van der Waals surface area (Å²) in [5.41, 5.74) is 14.6. The van der Waals surface area contributed by atoms with Gasteiger partial charge in [-0.05, 0) is 224 Å². The Bertz CT molecular complexity index is 3540. The van der Waals surface area contributed by atoms with E-state index in [0.717, 1.165) is 119 Å². The SMILES string of the molecule is C.C.C.CC1(C)CCCC(C)(C)C1.CCOC(=O)Nc1ccc2c(c1)N(C(=O)CCl)c1ccccc1CC2.CCOC(=O)Nc1ccc2c(c1)N(C(=O)CI)c1ccccc1CC2.CCOC(=O)Nc1ccc2c(c1)N(C(=O)CN1C(C)(C)CCCC1(C)C)c1ccccc1CC2.F.[I-].[Na+]. The summed E-state index contributed by atoms with van der Waals surface area (Å²) in [6.45, 7) is 25.1. The molecule has 0 aromatic heterocycles. The molecule has 0 radical (unpaired) electrons. The minimum Gasteiger partial charge on any atom is -1.00 e. The molecule has 1 saturated carbocycles. The van der Waals surface area contributed by atoms with Crippen molar-refractivity contribution < 1.29 is 101 Å². The monoisotopic (exact) mass is 1630 g/mol. The molecule has 21 heteroatoms. The molecule has 1 aliphatic carbocycles. The van der Waals surface area contributed by atoms with Crippen molar-refractivity contribution in [1.82, 2.24) is 4.90 Å². The maximum Gasteiger partial charge on any atom is 1.00 e. The van der Waals surface area contributed by atoms with Crippen LogP contribution in [0.2, 0.25) is 0 Å². The van der Waals surface area contributed by atoms with Crippen molar-refractivity contribution in [2.24, 2.45) is 10.8 Å². The van der Waals surface area contributed by atoms with Crippen molar-refractivity contribution in [1.29, 1.82) is 0 Å². The summed E-state index contributed by atoms with van der Waals surface area (Å²) in [5.74, 6) is -0.259. The number of carbonyl (C=O) groups excluding carboxylic acids is 6. The average Bonchev–Trinajstić information content (AvgIpc) is 1.21. The second-order valence-electron chi connectivity index (χ2n) is 27.3. The first-order valence-corrected chi connectivity index (χ1v) is 35.2. The molecule has 16 nitrogen and oxygen atoms in total. The average molecular weight is 1630 g/mol. The maximum atomic E-state index is 14.1. The number of hydrogen-bond donors (Lipinski definition) is 3. The summed E-state index contributed by atoms with van der Waals surface area (Å²) >= 11 is 7.94. The number of amides is 6. The largest absolute Gasteiger partial charge is 1.00 e. The molecule has 1 saturated heterocycles. The van der Waals surface area contributed by atoms with E-state index in [0.29, 0.717) is 58.7 Å². The van der Waals surface area contributed by atoms with Gasteiger partial charge in [0.15, 0.2) is 0 Å². The van der Waals surface area contributed by atoms with Crippen LogP contribution in [0.1, 0.15) is 177 Å². The van der Waals surface area contributed by atoms with Crippen LogP contribution in [0.15, 0.2) is 127 Å². The Hall–Kier alpha value is -5.82. The summed E-state index contributed by atoms with van der Waals surface area (Å²) in [6.07, 6.45) is 12.5. The van der Waals surface area contributed by atoms with Crippen LogP contribution in [0.25, 0.3) is 0 Å². The van der Waals surface area contributed by atoms with E-state index < -0.39 is 18.3 Å². The van der Waals surface area contributed by atoms with E-state index in [4.69, 9.17) is 25.8 Å². The molecule has 2 fully saturated rings. The van der Waals surface area contributed by atoms with Crippen molar-refractivity contribution >= 4 is 121 Å². The molecule has 6 amide bonds. The predicted octanol–water partition coefficient (Wildman–Crippen LogP) is 14.5. The minimum atomic E-state index is -0.522. The zero-order valence-corrected chi connectivity index (χ0v) is 65.6.